The fourth-order valence-corrected chi connectivity index (χ4v) is 3.77. The Balaban J connectivity index is 1.44. The van der Waals surface area contributed by atoms with Gasteiger partial charge in [-0.25, -0.2) is 4.98 Å². The van der Waals surface area contributed by atoms with Gasteiger partial charge in [-0.15, -0.1) is 0 Å². The van der Waals surface area contributed by atoms with E-state index in [-0.39, 0.29) is 17.7 Å². The molecule has 0 aromatic carbocycles. The molecular weight excluding hydrogens is 344 g/mol. The van der Waals surface area contributed by atoms with Crippen molar-refractivity contribution in [2.45, 2.75) is 32.7 Å². The van der Waals surface area contributed by atoms with Crippen LogP contribution in [0, 0.1) is 12.8 Å². The van der Waals surface area contributed by atoms with Gasteiger partial charge in [-0.05, 0) is 31.9 Å². The molecule has 4 rings (SSSR count). The zero-order valence-electron chi connectivity index (χ0n) is 15.4. The van der Waals surface area contributed by atoms with Gasteiger partial charge in [-0.2, -0.15) is 5.10 Å². The Morgan fingerprint density at radius 2 is 2.22 bits per heavy atom. The second-order valence-corrected chi connectivity index (χ2v) is 7.20. The van der Waals surface area contributed by atoms with Crippen LogP contribution in [0.2, 0.25) is 0 Å². The first-order valence-electron chi connectivity index (χ1n) is 9.42. The summed E-state index contributed by atoms with van der Waals surface area (Å²) in [6.07, 6.45) is 2.42. The molecule has 2 amide bonds. The SMILES string of the molecule is Cc1cccc(NC(=O)C2CCCN(C(=O)c3n[nH]c4c3CNCC4)C2)n1. The number of H-pyrrole nitrogens is 1. The summed E-state index contributed by atoms with van der Waals surface area (Å²) in [7, 11) is 0. The molecule has 0 saturated carbocycles. The number of aromatic nitrogens is 3. The highest BCUT2D eigenvalue weighted by Crippen LogP contribution is 2.22. The van der Waals surface area contributed by atoms with E-state index in [1.165, 1.54) is 0 Å². The molecule has 2 aromatic rings. The molecule has 2 aliphatic heterocycles. The zero-order chi connectivity index (χ0) is 18.8. The van der Waals surface area contributed by atoms with Crippen LogP contribution in [-0.2, 0) is 17.8 Å². The molecule has 1 atom stereocenters. The van der Waals surface area contributed by atoms with E-state index >= 15 is 0 Å². The number of amides is 2. The highest BCUT2D eigenvalue weighted by Gasteiger charge is 2.32. The van der Waals surface area contributed by atoms with Crippen molar-refractivity contribution in [1.82, 2.24) is 25.4 Å². The van der Waals surface area contributed by atoms with Gasteiger partial charge >= 0.3 is 0 Å². The second-order valence-electron chi connectivity index (χ2n) is 7.20. The lowest BCUT2D eigenvalue weighted by Gasteiger charge is -2.31. The van der Waals surface area contributed by atoms with Crippen molar-refractivity contribution in [3.63, 3.8) is 0 Å². The molecule has 142 valence electrons. The summed E-state index contributed by atoms with van der Waals surface area (Å²) in [5.41, 5.74) is 3.33. The average molecular weight is 368 g/mol. The minimum absolute atomic E-state index is 0.0867. The summed E-state index contributed by atoms with van der Waals surface area (Å²) in [6, 6.07) is 5.53. The van der Waals surface area contributed by atoms with Crippen LogP contribution in [0.3, 0.4) is 0 Å². The largest absolute Gasteiger partial charge is 0.336 e. The van der Waals surface area contributed by atoms with E-state index in [2.05, 4.69) is 25.8 Å². The number of hydrogen-bond acceptors (Lipinski definition) is 5. The molecular formula is C19H24N6O2. The first kappa shape index (κ1) is 17.7. The first-order chi connectivity index (χ1) is 13.1. The van der Waals surface area contributed by atoms with Crippen LogP contribution in [0.5, 0.6) is 0 Å². The van der Waals surface area contributed by atoms with E-state index in [1.54, 1.807) is 11.0 Å². The summed E-state index contributed by atoms with van der Waals surface area (Å²) < 4.78 is 0. The number of aryl methyl sites for hydroxylation is 1. The molecule has 8 nitrogen and oxygen atoms in total. The number of hydrogen-bond donors (Lipinski definition) is 3. The number of nitrogens with zero attached hydrogens (tertiary/aromatic N) is 3. The number of anilines is 1. The van der Waals surface area contributed by atoms with E-state index < -0.39 is 0 Å². The molecule has 8 heteroatoms. The van der Waals surface area contributed by atoms with Crippen LogP contribution in [0.4, 0.5) is 5.82 Å². The van der Waals surface area contributed by atoms with E-state index in [0.717, 1.165) is 42.8 Å². The number of fused-ring (bicyclic) bond motifs is 1. The third kappa shape index (κ3) is 3.71. The van der Waals surface area contributed by atoms with Gasteiger partial charge in [0, 0.05) is 49.6 Å². The molecule has 1 unspecified atom stereocenters. The van der Waals surface area contributed by atoms with Crippen molar-refractivity contribution in [2.24, 2.45) is 5.92 Å². The quantitative estimate of drug-likeness (QED) is 0.757. The van der Waals surface area contributed by atoms with Crippen molar-refractivity contribution in [3.8, 4) is 0 Å². The Labute approximate surface area is 157 Å². The smallest absolute Gasteiger partial charge is 0.274 e. The minimum Gasteiger partial charge on any atom is -0.336 e. The lowest BCUT2D eigenvalue weighted by molar-refractivity contribution is -0.121. The number of carbonyl (C=O) groups excluding carboxylic acids is 2. The van der Waals surface area contributed by atoms with Gasteiger partial charge < -0.3 is 15.5 Å². The predicted molar refractivity (Wildman–Crippen MR) is 100 cm³/mol. The van der Waals surface area contributed by atoms with Crippen LogP contribution >= 0.6 is 0 Å². The number of nitrogens with one attached hydrogen (secondary N) is 3. The van der Waals surface area contributed by atoms with Crippen LogP contribution in [0.25, 0.3) is 0 Å². The molecule has 0 aliphatic carbocycles. The monoisotopic (exact) mass is 368 g/mol. The van der Waals surface area contributed by atoms with E-state index in [1.807, 2.05) is 19.1 Å². The predicted octanol–water partition coefficient (Wildman–Crippen LogP) is 1.25. The summed E-state index contributed by atoms with van der Waals surface area (Å²) in [5, 5.41) is 13.4. The Kier molecular flexibility index (Phi) is 4.89. The number of rotatable bonds is 3. The van der Waals surface area contributed by atoms with Gasteiger partial charge in [-0.1, -0.05) is 6.07 Å². The zero-order valence-corrected chi connectivity index (χ0v) is 15.4. The topological polar surface area (TPSA) is 103 Å². The molecule has 1 fully saturated rings. The van der Waals surface area contributed by atoms with Crippen LogP contribution in [0.1, 0.15) is 40.3 Å². The standard InChI is InChI=1S/C19H24N6O2/c1-12-4-2-6-16(21-12)22-18(26)13-5-3-9-25(11-13)19(27)17-14-10-20-8-7-15(14)23-24-17/h2,4,6,13,20H,3,5,7-11H2,1H3,(H,23,24)(H,21,22,26). The minimum atomic E-state index is -0.238. The van der Waals surface area contributed by atoms with Crippen molar-refractivity contribution >= 4 is 17.6 Å². The Hall–Kier alpha value is -2.74. The van der Waals surface area contributed by atoms with Crippen LogP contribution in [0.15, 0.2) is 18.2 Å². The Bertz CT molecular complexity index is 862. The number of carbonyl (C=O) groups is 2. The van der Waals surface area contributed by atoms with E-state index in [4.69, 9.17) is 0 Å². The van der Waals surface area contributed by atoms with Crippen LogP contribution < -0.4 is 10.6 Å². The van der Waals surface area contributed by atoms with Gasteiger partial charge in [0.05, 0.1) is 5.92 Å². The third-order valence-corrected chi connectivity index (χ3v) is 5.23. The maximum atomic E-state index is 13.0. The molecule has 2 aliphatic rings. The third-order valence-electron chi connectivity index (χ3n) is 5.23. The highest BCUT2D eigenvalue weighted by atomic mass is 16.2. The van der Waals surface area contributed by atoms with Crippen molar-refractivity contribution in [2.75, 3.05) is 25.0 Å². The van der Waals surface area contributed by atoms with Crippen LogP contribution in [-0.4, -0.2) is 51.5 Å². The lowest BCUT2D eigenvalue weighted by Crippen LogP contribution is -2.44. The van der Waals surface area contributed by atoms with Gasteiger partial charge in [-0.3, -0.25) is 14.7 Å². The molecule has 1 saturated heterocycles. The van der Waals surface area contributed by atoms with E-state index in [0.29, 0.717) is 31.1 Å². The Morgan fingerprint density at radius 1 is 1.33 bits per heavy atom. The number of pyridine rings is 1. The summed E-state index contributed by atoms with van der Waals surface area (Å²) in [6.45, 7) is 4.49. The molecule has 4 heterocycles. The van der Waals surface area contributed by atoms with Gasteiger partial charge in [0.1, 0.15) is 5.82 Å². The molecule has 0 bridgehead atoms. The summed E-state index contributed by atoms with van der Waals surface area (Å²) >= 11 is 0. The molecule has 0 radical (unpaired) electrons. The normalized spacial score (nSPS) is 19.4. The average Bonchev–Trinajstić information content (AvgIpc) is 3.11. The first-order valence-corrected chi connectivity index (χ1v) is 9.42. The summed E-state index contributed by atoms with van der Waals surface area (Å²) in [4.78, 5) is 31.7. The van der Waals surface area contributed by atoms with Gasteiger partial charge in [0.2, 0.25) is 5.91 Å². The van der Waals surface area contributed by atoms with E-state index in [9.17, 15) is 9.59 Å². The fraction of sp³-hybridized carbons (Fsp3) is 0.474. The maximum absolute atomic E-state index is 13.0. The fourth-order valence-electron chi connectivity index (χ4n) is 3.77. The Morgan fingerprint density at radius 3 is 3.07 bits per heavy atom. The van der Waals surface area contributed by atoms with Gasteiger partial charge in [0.25, 0.3) is 5.91 Å². The lowest BCUT2D eigenvalue weighted by atomic mass is 9.96. The molecule has 0 spiro atoms. The molecule has 2 aromatic heterocycles. The summed E-state index contributed by atoms with van der Waals surface area (Å²) in [5.74, 6) is 0.132. The second kappa shape index (κ2) is 7.48. The number of aromatic amines is 1. The van der Waals surface area contributed by atoms with Gasteiger partial charge in [0.15, 0.2) is 5.69 Å². The van der Waals surface area contributed by atoms with Crippen molar-refractivity contribution < 1.29 is 9.59 Å². The molecule has 3 N–H and O–H groups in total. The van der Waals surface area contributed by atoms with Crippen molar-refractivity contribution in [1.29, 1.82) is 0 Å². The number of likely N-dealkylation sites (tertiary alicyclic amines) is 1. The molecule has 27 heavy (non-hydrogen) atoms. The maximum Gasteiger partial charge on any atom is 0.274 e. The number of piperidine rings is 1. The highest BCUT2D eigenvalue weighted by molar-refractivity contribution is 5.96. The van der Waals surface area contributed by atoms with Crippen molar-refractivity contribution in [3.05, 3.63) is 40.8 Å².